The summed E-state index contributed by atoms with van der Waals surface area (Å²) in [6, 6.07) is 5.84. The van der Waals surface area contributed by atoms with Crippen molar-refractivity contribution in [1.29, 1.82) is 0 Å². The molecule has 0 aromatic heterocycles. The summed E-state index contributed by atoms with van der Waals surface area (Å²) in [5, 5.41) is 2.64. The predicted molar refractivity (Wildman–Crippen MR) is 86.5 cm³/mol. The Morgan fingerprint density at radius 1 is 1.33 bits per heavy atom. The lowest BCUT2D eigenvalue weighted by Crippen LogP contribution is -2.53. The van der Waals surface area contributed by atoms with Crippen LogP contribution in [0.5, 0.6) is 0 Å². The highest BCUT2D eigenvalue weighted by atomic mass is 32.1. The minimum absolute atomic E-state index is 0.0809. The molecule has 1 saturated heterocycles. The summed E-state index contributed by atoms with van der Waals surface area (Å²) in [6.07, 6.45) is 3.17. The second-order valence-electron chi connectivity index (χ2n) is 4.88. The number of amides is 2. The van der Waals surface area contributed by atoms with E-state index in [1.165, 1.54) is 4.90 Å². The van der Waals surface area contributed by atoms with E-state index in [2.05, 4.69) is 11.9 Å². The summed E-state index contributed by atoms with van der Waals surface area (Å²) >= 11 is 5.01. The second kappa shape index (κ2) is 6.01. The molecule has 0 saturated carbocycles. The SMILES string of the molecule is C=CCN1C(=O)/C(=C/c2ccc(C)cc2C)C(=O)NC1=S. The van der Waals surface area contributed by atoms with Gasteiger partial charge in [0.25, 0.3) is 11.8 Å². The van der Waals surface area contributed by atoms with Crippen LogP contribution in [0.4, 0.5) is 0 Å². The van der Waals surface area contributed by atoms with Gasteiger partial charge in [0, 0.05) is 6.54 Å². The van der Waals surface area contributed by atoms with Crippen LogP contribution in [-0.2, 0) is 9.59 Å². The first-order valence-electron chi connectivity index (χ1n) is 6.51. The van der Waals surface area contributed by atoms with E-state index in [-0.39, 0.29) is 17.2 Å². The molecule has 0 unspecified atom stereocenters. The topological polar surface area (TPSA) is 49.4 Å². The number of nitrogens with one attached hydrogen (secondary N) is 1. The molecule has 2 rings (SSSR count). The molecule has 1 aromatic carbocycles. The quantitative estimate of drug-likeness (QED) is 0.402. The number of hydrogen-bond donors (Lipinski definition) is 1. The van der Waals surface area contributed by atoms with E-state index < -0.39 is 11.8 Å². The maximum absolute atomic E-state index is 12.4. The zero-order valence-electron chi connectivity index (χ0n) is 12.0. The summed E-state index contributed by atoms with van der Waals surface area (Å²) in [5.41, 5.74) is 3.05. The first kappa shape index (κ1) is 15.1. The molecule has 0 radical (unpaired) electrons. The number of benzene rings is 1. The van der Waals surface area contributed by atoms with Crippen LogP contribution in [0.25, 0.3) is 6.08 Å². The van der Waals surface area contributed by atoms with Gasteiger partial charge < -0.3 is 0 Å². The van der Waals surface area contributed by atoms with Crippen molar-refractivity contribution in [3.05, 3.63) is 53.1 Å². The number of rotatable bonds is 3. The molecule has 1 N–H and O–H groups in total. The molecular formula is C16H16N2O2S. The Kier molecular flexibility index (Phi) is 4.33. The van der Waals surface area contributed by atoms with Crippen molar-refractivity contribution in [3.8, 4) is 0 Å². The van der Waals surface area contributed by atoms with Crippen molar-refractivity contribution in [1.82, 2.24) is 10.2 Å². The lowest BCUT2D eigenvalue weighted by Gasteiger charge is -2.27. The summed E-state index contributed by atoms with van der Waals surface area (Å²) in [7, 11) is 0. The molecule has 1 aromatic rings. The van der Waals surface area contributed by atoms with Crippen LogP contribution in [0.3, 0.4) is 0 Å². The maximum atomic E-state index is 12.4. The zero-order chi connectivity index (χ0) is 15.6. The highest BCUT2D eigenvalue weighted by Crippen LogP contribution is 2.18. The van der Waals surface area contributed by atoms with E-state index in [1.807, 2.05) is 32.0 Å². The fourth-order valence-corrected chi connectivity index (χ4v) is 2.38. The van der Waals surface area contributed by atoms with Gasteiger partial charge in [-0.25, -0.2) is 0 Å². The molecule has 2 amide bonds. The minimum atomic E-state index is -0.467. The van der Waals surface area contributed by atoms with Gasteiger partial charge in [0.05, 0.1) is 0 Å². The summed E-state index contributed by atoms with van der Waals surface area (Å²) in [6.45, 7) is 7.79. The number of hydrogen-bond acceptors (Lipinski definition) is 3. The third-order valence-corrected chi connectivity index (χ3v) is 3.55. The van der Waals surface area contributed by atoms with E-state index in [0.29, 0.717) is 0 Å². The third-order valence-electron chi connectivity index (χ3n) is 3.22. The van der Waals surface area contributed by atoms with Crippen molar-refractivity contribution >= 4 is 35.2 Å². The molecule has 108 valence electrons. The van der Waals surface area contributed by atoms with Crippen LogP contribution in [-0.4, -0.2) is 28.4 Å². The van der Waals surface area contributed by atoms with Gasteiger partial charge in [-0.15, -0.1) is 6.58 Å². The van der Waals surface area contributed by atoms with Gasteiger partial charge in [-0.1, -0.05) is 29.8 Å². The average Bonchev–Trinajstić information content (AvgIpc) is 2.41. The predicted octanol–water partition coefficient (Wildman–Crippen LogP) is 2.12. The van der Waals surface area contributed by atoms with Crippen LogP contribution >= 0.6 is 12.2 Å². The van der Waals surface area contributed by atoms with Gasteiger partial charge >= 0.3 is 0 Å². The number of carbonyl (C=O) groups is 2. The summed E-state index contributed by atoms with van der Waals surface area (Å²) < 4.78 is 0. The monoisotopic (exact) mass is 300 g/mol. The largest absolute Gasteiger partial charge is 0.298 e. The number of nitrogens with zero attached hydrogens (tertiary/aromatic N) is 1. The van der Waals surface area contributed by atoms with Crippen LogP contribution in [0.15, 0.2) is 36.4 Å². The van der Waals surface area contributed by atoms with Crippen molar-refractivity contribution in [2.75, 3.05) is 6.54 Å². The van der Waals surface area contributed by atoms with Crippen molar-refractivity contribution in [2.24, 2.45) is 0 Å². The van der Waals surface area contributed by atoms with Gasteiger partial charge in [0.1, 0.15) is 5.57 Å². The average molecular weight is 300 g/mol. The Hall–Kier alpha value is -2.27. The normalized spacial score (nSPS) is 17.1. The lowest BCUT2D eigenvalue weighted by atomic mass is 10.0. The first-order chi connectivity index (χ1) is 9.93. The first-order valence-corrected chi connectivity index (χ1v) is 6.92. The molecule has 0 aliphatic carbocycles. The van der Waals surface area contributed by atoms with Crippen LogP contribution in [0.1, 0.15) is 16.7 Å². The molecule has 1 aliphatic rings. The molecule has 5 heteroatoms. The van der Waals surface area contributed by atoms with E-state index in [1.54, 1.807) is 12.2 Å². The Balaban J connectivity index is 2.42. The van der Waals surface area contributed by atoms with Crippen molar-refractivity contribution in [2.45, 2.75) is 13.8 Å². The molecular weight excluding hydrogens is 284 g/mol. The molecule has 0 spiro atoms. The molecule has 0 atom stereocenters. The number of carbonyl (C=O) groups excluding carboxylic acids is 2. The van der Waals surface area contributed by atoms with Crippen molar-refractivity contribution in [3.63, 3.8) is 0 Å². The smallest absolute Gasteiger partial charge is 0.265 e. The van der Waals surface area contributed by atoms with E-state index >= 15 is 0 Å². The fourth-order valence-electron chi connectivity index (χ4n) is 2.13. The Labute approximate surface area is 129 Å². The molecule has 0 bridgehead atoms. The molecule has 4 nitrogen and oxygen atoms in total. The molecule has 21 heavy (non-hydrogen) atoms. The zero-order valence-corrected chi connectivity index (χ0v) is 12.8. The highest BCUT2D eigenvalue weighted by Gasteiger charge is 2.32. The van der Waals surface area contributed by atoms with Crippen LogP contribution in [0.2, 0.25) is 0 Å². The molecule has 1 aliphatic heterocycles. The summed E-state index contributed by atoms with van der Waals surface area (Å²) in [5.74, 6) is -0.867. The molecule has 1 fully saturated rings. The third kappa shape index (κ3) is 3.08. The minimum Gasteiger partial charge on any atom is -0.298 e. The van der Waals surface area contributed by atoms with Crippen molar-refractivity contribution < 1.29 is 9.59 Å². The van der Waals surface area contributed by atoms with Gasteiger partial charge in [-0.2, -0.15) is 0 Å². The van der Waals surface area contributed by atoms with Crippen LogP contribution in [0, 0.1) is 13.8 Å². The molecule has 1 heterocycles. The van der Waals surface area contributed by atoms with Gasteiger partial charge in [0.15, 0.2) is 5.11 Å². The Morgan fingerprint density at radius 3 is 2.67 bits per heavy atom. The van der Waals surface area contributed by atoms with E-state index in [4.69, 9.17) is 12.2 Å². The second-order valence-corrected chi connectivity index (χ2v) is 5.27. The van der Waals surface area contributed by atoms with E-state index in [9.17, 15) is 9.59 Å². The lowest BCUT2D eigenvalue weighted by molar-refractivity contribution is -0.128. The summed E-state index contributed by atoms with van der Waals surface area (Å²) in [4.78, 5) is 25.7. The Morgan fingerprint density at radius 2 is 2.05 bits per heavy atom. The standard InChI is InChI=1S/C16H16N2O2S/c1-4-7-18-15(20)13(14(19)17-16(18)21)9-12-6-5-10(2)8-11(12)3/h4-6,8-9H,1,7H2,2-3H3,(H,17,19,21)/b13-9+. The van der Waals surface area contributed by atoms with Crippen LogP contribution < -0.4 is 5.32 Å². The number of aryl methyl sites for hydroxylation is 2. The van der Waals surface area contributed by atoms with Gasteiger partial charge in [0.2, 0.25) is 0 Å². The van der Waals surface area contributed by atoms with Gasteiger partial charge in [-0.05, 0) is 43.3 Å². The fraction of sp³-hybridized carbons (Fsp3) is 0.188. The highest BCUT2D eigenvalue weighted by molar-refractivity contribution is 7.80. The van der Waals surface area contributed by atoms with E-state index in [0.717, 1.165) is 16.7 Å². The number of thiocarbonyl (C=S) groups is 1. The Bertz CT molecular complexity index is 677. The maximum Gasteiger partial charge on any atom is 0.265 e. The van der Waals surface area contributed by atoms with Gasteiger partial charge in [-0.3, -0.25) is 19.8 Å².